The van der Waals surface area contributed by atoms with Crippen LogP contribution >= 0.6 is 0 Å². The SMILES string of the molecule is CCCC(=O)N[C@@H](c1cnn2cc([C@@H](NC(=O)c3cnoc3C(C)C)C3CCC(F)(F)CC3)nc2c1)C1CC1. The molecule has 0 aromatic carbocycles. The second-order valence-corrected chi connectivity index (χ2v) is 11.3. The van der Waals surface area contributed by atoms with Crippen molar-refractivity contribution in [3.05, 3.63) is 47.2 Å². The second kappa shape index (κ2) is 11.0. The number of alkyl halides is 2. The fourth-order valence-electron chi connectivity index (χ4n) is 5.49. The molecule has 0 spiro atoms. The molecule has 2 saturated carbocycles. The number of halogens is 2. The molecule has 3 heterocycles. The standard InChI is InChI=1S/C28H36F2N6O3/c1-4-5-23(37)34-24(17-6-7-17)19-12-22-33-21(15-36(22)31-13-19)25(18-8-10-28(29,30)11-9-18)35-27(38)20-14-32-39-26(20)16(2)3/h12-18,24-25H,4-11H2,1-3H3,(H,34,37)(H,35,38)/t24-,25+/m1/s1. The number of aromatic nitrogens is 4. The van der Waals surface area contributed by atoms with Crippen LogP contribution in [0.1, 0.15) is 118 Å². The molecule has 3 aromatic rings. The van der Waals surface area contributed by atoms with Crippen LogP contribution < -0.4 is 10.6 Å². The Bertz CT molecular complexity index is 1320. The predicted molar refractivity (Wildman–Crippen MR) is 139 cm³/mol. The van der Waals surface area contributed by atoms with Crippen molar-refractivity contribution in [2.75, 3.05) is 0 Å². The van der Waals surface area contributed by atoms with Crippen molar-refractivity contribution >= 4 is 17.5 Å². The first-order valence-corrected chi connectivity index (χ1v) is 13.9. The van der Waals surface area contributed by atoms with Gasteiger partial charge < -0.3 is 15.2 Å². The summed E-state index contributed by atoms with van der Waals surface area (Å²) in [6.45, 7) is 5.78. The summed E-state index contributed by atoms with van der Waals surface area (Å²) in [5.74, 6) is -2.47. The average Bonchev–Trinajstić information content (AvgIpc) is 3.44. The lowest BCUT2D eigenvalue weighted by molar-refractivity contribution is -0.122. The quantitative estimate of drug-likeness (QED) is 0.349. The molecule has 0 radical (unpaired) electrons. The van der Waals surface area contributed by atoms with E-state index in [0.717, 1.165) is 24.8 Å². The van der Waals surface area contributed by atoms with E-state index in [1.807, 2.05) is 26.8 Å². The highest BCUT2D eigenvalue weighted by Crippen LogP contribution is 2.43. The van der Waals surface area contributed by atoms with Gasteiger partial charge in [0.1, 0.15) is 5.56 Å². The molecule has 2 aliphatic carbocycles. The molecule has 2 aliphatic rings. The summed E-state index contributed by atoms with van der Waals surface area (Å²) >= 11 is 0. The van der Waals surface area contributed by atoms with E-state index in [0.29, 0.717) is 35.0 Å². The van der Waals surface area contributed by atoms with Crippen molar-refractivity contribution in [2.24, 2.45) is 11.8 Å². The lowest BCUT2D eigenvalue weighted by atomic mass is 9.81. The molecule has 3 aromatic heterocycles. The number of fused-ring (bicyclic) bond motifs is 1. The molecule has 2 atom stereocenters. The highest BCUT2D eigenvalue weighted by Gasteiger charge is 2.40. The molecule has 2 N–H and O–H groups in total. The summed E-state index contributed by atoms with van der Waals surface area (Å²) < 4.78 is 34.9. The maximum absolute atomic E-state index is 14.0. The molecule has 2 fully saturated rings. The van der Waals surface area contributed by atoms with E-state index in [9.17, 15) is 18.4 Å². The normalized spacial score (nSPS) is 19.2. The van der Waals surface area contributed by atoms with Gasteiger partial charge in [-0.25, -0.2) is 18.3 Å². The third kappa shape index (κ3) is 6.12. The lowest BCUT2D eigenvalue weighted by Crippen LogP contribution is -2.37. The fourth-order valence-corrected chi connectivity index (χ4v) is 5.49. The summed E-state index contributed by atoms with van der Waals surface area (Å²) in [5, 5.41) is 14.5. The summed E-state index contributed by atoms with van der Waals surface area (Å²) in [5.41, 5.74) is 2.35. The molecule has 9 nitrogen and oxygen atoms in total. The third-order valence-corrected chi connectivity index (χ3v) is 7.81. The summed E-state index contributed by atoms with van der Waals surface area (Å²) in [7, 11) is 0. The molecule has 2 amide bonds. The molecule has 11 heteroatoms. The van der Waals surface area contributed by atoms with Crippen molar-refractivity contribution in [1.29, 1.82) is 0 Å². The number of nitrogens with zero attached hydrogens (tertiary/aromatic N) is 4. The Morgan fingerprint density at radius 1 is 1.10 bits per heavy atom. The van der Waals surface area contributed by atoms with Gasteiger partial charge in [0, 0.05) is 25.2 Å². The molecule has 0 aliphatic heterocycles. The van der Waals surface area contributed by atoms with Crippen molar-refractivity contribution in [3.8, 4) is 0 Å². The van der Waals surface area contributed by atoms with Gasteiger partial charge in [0.25, 0.3) is 5.91 Å². The molecule has 0 unspecified atom stereocenters. The lowest BCUT2D eigenvalue weighted by Gasteiger charge is -2.33. The Morgan fingerprint density at radius 3 is 2.49 bits per heavy atom. The zero-order valence-corrected chi connectivity index (χ0v) is 22.6. The Labute approximate surface area is 226 Å². The van der Waals surface area contributed by atoms with Crippen LogP contribution in [0.15, 0.2) is 29.2 Å². The zero-order chi connectivity index (χ0) is 27.7. The zero-order valence-electron chi connectivity index (χ0n) is 22.6. The summed E-state index contributed by atoms with van der Waals surface area (Å²) in [4.78, 5) is 30.5. The van der Waals surface area contributed by atoms with Crippen LogP contribution in [0.5, 0.6) is 0 Å². The minimum absolute atomic E-state index is 0.0182. The van der Waals surface area contributed by atoms with Gasteiger partial charge in [-0.1, -0.05) is 25.9 Å². The molecule has 0 bridgehead atoms. The highest BCUT2D eigenvalue weighted by molar-refractivity contribution is 5.95. The van der Waals surface area contributed by atoms with Crippen LogP contribution in [0, 0.1) is 11.8 Å². The number of amides is 2. The topological polar surface area (TPSA) is 114 Å². The van der Waals surface area contributed by atoms with Crippen LogP contribution in [0.3, 0.4) is 0 Å². The molecule has 5 rings (SSSR count). The van der Waals surface area contributed by atoms with Gasteiger partial charge in [-0.2, -0.15) is 5.10 Å². The van der Waals surface area contributed by atoms with Gasteiger partial charge in [-0.3, -0.25) is 9.59 Å². The molecule has 210 valence electrons. The van der Waals surface area contributed by atoms with E-state index < -0.39 is 12.0 Å². The first-order chi connectivity index (χ1) is 18.6. The molecular formula is C28H36F2N6O3. The number of carbonyl (C=O) groups excluding carboxylic acids is 2. The fraction of sp³-hybridized carbons (Fsp3) is 0.607. The van der Waals surface area contributed by atoms with Crippen molar-refractivity contribution < 1.29 is 22.9 Å². The van der Waals surface area contributed by atoms with Gasteiger partial charge in [0.2, 0.25) is 11.8 Å². The van der Waals surface area contributed by atoms with Gasteiger partial charge in [0.05, 0.1) is 36.4 Å². The number of hydrogen-bond acceptors (Lipinski definition) is 6. The molecule has 0 saturated heterocycles. The van der Waals surface area contributed by atoms with Gasteiger partial charge in [0.15, 0.2) is 11.4 Å². The van der Waals surface area contributed by atoms with Gasteiger partial charge in [-0.15, -0.1) is 0 Å². The highest BCUT2D eigenvalue weighted by atomic mass is 19.3. The maximum Gasteiger partial charge on any atom is 0.257 e. The van der Waals surface area contributed by atoms with E-state index in [2.05, 4.69) is 20.9 Å². The van der Waals surface area contributed by atoms with Crippen LogP contribution in [0.25, 0.3) is 5.65 Å². The maximum atomic E-state index is 14.0. The largest absolute Gasteiger partial charge is 0.360 e. The number of imidazole rings is 1. The summed E-state index contributed by atoms with van der Waals surface area (Å²) in [6.07, 6.45) is 8.28. The van der Waals surface area contributed by atoms with E-state index >= 15 is 0 Å². The predicted octanol–water partition coefficient (Wildman–Crippen LogP) is 5.50. The monoisotopic (exact) mass is 542 g/mol. The second-order valence-electron chi connectivity index (χ2n) is 11.3. The van der Waals surface area contributed by atoms with Crippen LogP contribution in [0.4, 0.5) is 8.78 Å². The third-order valence-electron chi connectivity index (χ3n) is 7.81. The van der Waals surface area contributed by atoms with Crippen LogP contribution in [-0.4, -0.2) is 37.5 Å². The smallest absolute Gasteiger partial charge is 0.257 e. The Balaban J connectivity index is 1.44. The number of nitrogens with one attached hydrogen (secondary N) is 2. The van der Waals surface area contributed by atoms with Crippen molar-refractivity contribution in [3.63, 3.8) is 0 Å². The van der Waals surface area contributed by atoms with E-state index in [4.69, 9.17) is 9.51 Å². The first-order valence-electron chi connectivity index (χ1n) is 13.9. The van der Waals surface area contributed by atoms with Crippen molar-refractivity contribution in [2.45, 2.75) is 96.1 Å². The van der Waals surface area contributed by atoms with Crippen LogP contribution in [-0.2, 0) is 4.79 Å². The summed E-state index contributed by atoms with van der Waals surface area (Å²) in [6, 6.07) is 1.20. The molecule has 39 heavy (non-hydrogen) atoms. The van der Waals surface area contributed by atoms with E-state index in [-0.39, 0.29) is 55.4 Å². The van der Waals surface area contributed by atoms with Gasteiger partial charge >= 0.3 is 0 Å². The Kier molecular flexibility index (Phi) is 7.68. The van der Waals surface area contributed by atoms with Crippen LogP contribution in [0.2, 0.25) is 0 Å². The minimum atomic E-state index is -2.69. The minimum Gasteiger partial charge on any atom is -0.360 e. The van der Waals surface area contributed by atoms with E-state index in [1.165, 1.54) is 6.20 Å². The average molecular weight is 543 g/mol. The number of hydrogen-bond donors (Lipinski definition) is 2. The number of carbonyl (C=O) groups is 2. The first kappa shape index (κ1) is 27.2. The van der Waals surface area contributed by atoms with Crippen molar-refractivity contribution in [1.82, 2.24) is 30.4 Å². The number of rotatable bonds is 10. The van der Waals surface area contributed by atoms with Gasteiger partial charge in [-0.05, 0) is 55.6 Å². The Hall–Kier alpha value is -3.37. The molecular weight excluding hydrogens is 506 g/mol. The van der Waals surface area contributed by atoms with E-state index in [1.54, 1.807) is 16.9 Å². The Morgan fingerprint density at radius 2 is 1.82 bits per heavy atom.